The molecule has 2 aliphatic rings. The zero-order chi connectivity index (χ0) is 13.6. The molecule has 0 aromatic heterocycles. The fourth-order valence-electron chi connectivity index (χ4n) is 3.52. The highest BCUT2D eigenvalue weighted by molar-refractivity contribution is 7.89. The van der Waals surface area contributed by atoms with Gasteiger partial charge in [-0.3, -0.25) is 0 Å². The van der Waals surface area contributed by atoms with Gasteiger partial charge in [0.25, 0.3) is 0 Å². The Morgan fingerprint density at radius 2 is 1.61 bits per heavy atom. The van der Waals surface area contributed by atoms with Crippen LogP contribution in [-0.2, 0) is 10.0 Å². The van der Waals surface area contributed by atoms with E-state index in [1.54, 1.807) is 4.31 Å². The van der Waals surface area contributed by atoms with Crippen molar-refractivity contribution in [3.63, 3.8) is 0 Å². The van der Waals surface area contributed by atoms with Crippen LogP contribution in [-0.4, -0.2) is 36.6 Å². The van der Waals surface area contributed by atoms with Crippen LogP contribution in [0.3, 0.4) is 0 Å². The highest BCUT2D eigenvalue weighted by Gasteiger charge is 2.46. The van der Waals surface area contributed by atoms with Crippen molar-refractivity contribution in [1.29, 1.82) is 0 Å². The molecule has 0 spiro atoms. The van der Waals surface area contributed by atoms with E-state index in [1.807, 2.05) is 0 Å². The van der Waals surface area contributed by atoms with Gasteiger partial charge < -0.3 is 5.73 Å². The molecule has 18 heavy (non-hydrogen) atoms. The predicted octanol–water partition coefficient (Wildman–Crippen LogP) is 1.71. The van der Waals surface area contributed by atoms with Crippen LogP contribution in [0.5, 0.6) is 0 Å². The molecule has 2 N–H and O–H groups in total. The zero-order valence-electron chi connectivity index (χ0n) is 11.7. The SMILES string of the molecule is CC(C)(C)CC(N)CS(=O)(=O)N1C2CCC1CC2. The van der Waals surface area contributed by atoms with E-state index in [9.17, 15) is 8.42 Å². The van der Waals surface area contributed by atoms with Gasteiger partial charge in [0.05, 0.1) is 5.75 Å². The molecule has 2 fully saturated rings. The van der Waals surface area contributed by atoms with Gasteiger partial charge >= 0.3 is 0 Å². The molecule has 1 unspecified atom stereocenters. The minimum absolute atomic E-state index is 0.0823. The van der Waals surface area contributed by atoms with Gasteiger partial charge in [-0.2, -0.15) is 4.31 Å². The molecule has 2 rings (SSSR count). The van der Waals surface area contributed by atoms with E-state index in [2.05, 4.69) is 20.8 Å². The first-order valence-electron chi connectivity index (χ1n) is 6.96. The fourth-order valence-corrected chi connectivity index (χ4v) is 5.68. The molecule has 0 saturated carbocycles. The topological polar surface area (TPSA) is 63.4 Å². The van der Waals surface area contributed by atoms with Crippen LogP contribution in [0.15, 0.2) is 0 Å². The molecule has 0 aromatic rings. The average molecular weight is 274 g/mol. The van der Waals surface area contributed by atoms with Crippen LogP contribution in [0, 0.1) is 5.41 Å². The Bertz CT molecular complexity index is 380. The summed E-state index contributed by atoms with van der Waals surface area (Å²) in [4.78, 5) is 0. The van der Waals surface area contributed by atoms with Crippen molar-refractivity contribution >= 4 is 10.0 Å². The number of sulfonamides is 1. The maximum Gasteiger partial charge on any atom is 0.216 e. The van der Waals surface area contributed by atoms with Crippen molar-refractivity contribution in [3.05, 3.63) is 0 Å². The van der Waals surface area contributed by atoms with Crippen LogP contribution in [0.25, 0.3) is 0 Å². The van der Waals surface area contributed by atoms with Gasteiger partial charge in [-0.15, -0.1) is 0 Å². The minimum Gasteiger partial charge on any atom is -0.327 e. The lowest BCUT2D eigenvalue weighted by molar-refractivity contribution is 0.343. The van der Waals surface area contributed by atoms with E-state index in [0.717, 1.165) is 32.1 Å². The zero-order valence-corrected chi connectivity index (χ0v) is 12.5. The van der Waals surface area contributed by atoms with Crippen molar-refractivity contribution < 1.29 is 8.42 Å². The molecule has 106 valence electrons. The van der Waals surface area contributed by atoms with Gasteiger partial charge in [0.2, 0.25) is 10.0 Å². The summed E-state index contributed by atoms with van der Waals surface area (Å²) < 4.78 is 26.6. The molecule has 0 radical (unpaired) electrons. The maximum absolute atomic E-state index is 12.4. The molecule has 5 heteroatoms. The van der Waals surface area contributed by atoms with Crippen LogP contribution in [0.2, 0.25) is 0 Å². The van der Waals surface area contributed by atoms with Crippen molar-refractivity contribution in [2.24, 2.45) is 11.1 Å². The first-order valence-corrected chi connectivity index (χ1v) is 8.57. The maximum atomic E-state index is 12.4. The lowest BCUT2D eigenvalue weighted by atomic mass is 9.89. The summed E-state index contributed by atoms with van der Waals surface area (Å²) in [7, 11) is -3.16. The summed E-state index contributed by atoms with van der Waals surface area (Å²) in [6.45, 7) is 6.29. The largest absolute Gasteiger partial charge is 0.327 e. The molecule has 0 aromatic carbocycles. The summed E-state index contributed by atoms with van der Waals surface area (Å²) in [6.07, 6.45) is 4.91. The smallest absolute Gasteiger partial charge is 0.216 e. The Kier molecular flexibility index (Phi) is 3.78. The summed E-state index contributed by atoms with van der Waals surface area (Å²) >= 11 is 0. The van der Waals surface area contributed by atoms with Gasteiger partial charge in [0.1, 0.15) is 0 Å². The molecule has 0 amide bonds. The van der Waals surface area contributed by atoms with E-state index < -0.39 is 10.0 Å². The predicted molar refractivity (Wildman–Crippen MR) is 73.7 cm³/mol. The van der Waals surface area contributed by atoms with E-state index in [4.69, 9.17) is 5.73 Å². The standard InChI is InChI=1S/C13H26N2O2S/c1-13(2,3)8-10(14)9-18(16,17)15-11-4-5-12(15)7-6-11/h10-12H,4-9,14H2,1-3H3. The first-order chi connectivity index (χ1) is 8.19. The number of fused-ring (bicyclic) bond motifs is 2. The third kappa shape index (κ3) is 3.06. The Morgan fingerprint density at radius 3 is 2.00 bits per heavy atom. The van der Waals surface area contributed by atoms with Gasteiger partial charge in [0.15, 0.2) is 0 Å². The van der Waals surface area contributed by atoms with Crippen LogP contribution in [0.4, 0.5) is 0 Å². The first kappa shape index (κ1) is 14.3. The number of hydrogen-bond donors (Lipinski definition) is 1. The number of rotatable bonds is 4. The Balaban J connectivity index is 2.00. The van der Waals surface area contributed by atoms with Crippen molar-refractivity contribution in [2.45, 2.75) is 71.0 Å². The highest BCUT2D eigenvalue weighted by atomic mass is 32.2. The summed E-state index contributed by atoms with van der Waals surface area (Å²) in [5.41, 5.74) is 6.10. The third-order valence-corrected chi connectivity index (χ3v) is 6.09. The minimum atomic E-state index is -3.16. The lowest BCUT2D eigenvalue weighted by Crippen LogP contribution is -2.43. The third-order valence-electron chi connectivity index (χ3n) is 4.01. The van der Waals surface area contributed by atoms with Crippen molar-refractivity contribution in [3.8, 4) is 0 Å². The molecular weight excluding hydrogens is 248 g/mol. The van der Waals surface area contributed by atoms with E-state index in [-0.39, 0.29) is 29.3 Å². The molecule has 2 aliphatic heterocycles. The second kappa shape index (κ2) is 4.76. The monoisotopic (exact) mass is 274 g/mol. The molecule has 1 atom stereocenters. The Hall–Kier alpha value is -0.130. The lowest BCUT2D eigenvalue weighted by Gasteiger charge is -2.27. The van der Waals surface area contributed by atoms with Gasteiger partial charge in [0, 0.05) is 18.1 Å². The fraction of sp³-hybridized carbons (Fsp3) is 1.00. The van der Waals surface area contributed by atoms with Crippen molar-refractivity contribution in [1.82, 2.24) is 4.31 Å². The van der Waals surface area contributed by atoms with E-state index >= 15 is 0 Å². The average Bonchev–Trinajstić information content (AvgIpc) is 2.71. The molecule has 4 nitrogen and oxygen atoms in total. The quantitative estimate of drug-likeness (QED) is 0.849. The summed E-state index contributed by atoms with van der Waals surface area (Å²) in [6, 6.07) is 0.277. The highest BCUT2D eigenvalue weighted by Crippen LogP contribution is 2.39. The molecule has 2 heterocycles. The molecular formula is C13H26N2O2S. The summed E-state index contributed by atoms with van der Waals surface area (Å²) in [5.74, 6) is 0.108. The summed E-state index contributed by atoms with van der Waals surface area (Å²) in [5, 5.41) is 0. The van der Waals surface area contributed by atoms with Crippen LogP contribution < -0.4 is 5.73 Å². The normalized spacial score (nSPS) is 30.9. The van der Waals surface area contributed by atoms with Gasteiger partial charge in [-0.25, -0.2) is 8.42 Å². The van der Waals surface area contributed by atoms with Gasteiger partial charge in [-0.05, 0) is 37.5 Å². The van der Waals surface area contributed by atoms with Crippen LogP contribution in [0.1, 0.15) is 52.9 Å². The van der Waals surface area contributed by atoms with Gasteiger partial charge in [-0.1, -0.05) is 20.8 Å². The van der Waals surface area contributed by atoms with E-state index in [1.165, 1.54) is 0 Å². The Labute approximate surface area is 111 Å². The second-order valence-corrected chi connectivity index (χ2v) is 9.01. The molecule has 2 bridgehead atoms. The number of nitrogens with zero attached hydrogens (tertiary/aromatic N) is 1. The Morgan fingerprint density at radius 1 is 1.17 bits per heavy atom. The van der Waals surface area contributed by atoms with Crippen LogP contribution >= 0.6 is 0 Å². The van der Waals surface area contributed by atoms with E-state index in [0.29, 0.717) is 0 Å². The van der Waals surface area contributed by atoms with Crippen molar-refractivity contribution in [2.75, 3.05) is 5.75 Å². The second-order valence-electron chi connectivity index (χ2n) is 7.10. The number of nitrogens with two attached hydrogens (primary N) is 1. The molecule has 0 aliphatic carbocycles. The number of hydrogen-bond acceptors (Lipinski definition) is 3. The molecule has 2 saturated heterocycles.